The number of methoxy groups -OCH3 is 2. The van der Waals surface area contributed by atoms with Gasteiger partial charge in [0.05, 0.1) is 19.2 Å². The van der Waals surface area contributed by atoms with Gasteiger partial charge < -0.3 is 9.47 Å². The first kappa shape index (κ1) is 15.1. The van der Waals surface area contributed by atoms with E-state index in [1.54, 1.807) is 30.3 Å². The number of Topliss-reactive ketones (excluding diaryl/α,β-unsaturated/α-hetero) is 2. The first-order valence-corrected chi connectivity index (χ1v) is 6.52. The van der Waals surface area contributed by atoms with Crippen molar-refractivity contribution in [2.45, 2.75) is 0 Å². The molecule has 0 heterocycles. The lowest BCUT2D eigenvalue weighted by Crippen LogP contribution is -2.15. The molecule has 0 spiro atoms. The molecule has 0 aliphatic rings. The van der Waals surface area contributed by atoms with Gasteiger partial charge in [-0.25, -0.2) is 0 Å². The summed E-state index contributed by atoms with van der Waals surface area (Å²) in [6.45, 7) is 0. The largest absolute Gasteiger partial charge is 0.493 e. The Morgan fingerprint density at radius 1 is 0.905 bits per heavy atom. The fraction of sp³-hybridized carbons (Fsp3) is 0.125. The molecule has 2 aromatic carbocycles. The third-order valence-electron chi connectivity index (χ3n) is 2.97. The van der Waals surface area contributed by atoms with Crippen molar-refractivity contribution in [3.63, 3.8) is 0 Å². The second kappa shape index (κ2) is 6.41. The highest BCUT2D eigenvalue weighted by Gasteiger charge is 2.24. The molecule has 2 rings (SSSR count). The number of hydrogen-bond donors (Lipinski definition) is 0. The molecule has 0 radical (unpaired) electrons. The first-order chi connectivity index (χ1) is 10.1. The maximum absolute atomic E-state index is 12.3. The van der Waals surface area contributed by atoms with Crippen molar-refractivity contribution in [3.05, 3.63) is 58.6 Å². The molecule has 0 amide bonds. The Kier molecular flexibility index (Phi) is 4.60. The maximum Gasteiger partial charge on any atom is 0.235 e. The SMILES string of the molecule is COc1ccc(C(=O)C(=O)c2ccccc2)c(Cl)c1OC. The van der Waals surface area contributed by atoms with Crippen molar-refractivity contribution in [3.8, 4) is 11.5 Å². The van der Waals surface area contributed by atoms with E-state index in [9.17, 15) is 9.59 Å². The Balaban J connectivity index is 2.43. The molecular weight excluding hydrogens is 292 g/mol. The molecule has 5 heteroatoms. The summed E-state index contributed by atoms with van der Waals surface area (Å²) in [5.41, 5.74) is 0.400. The third kappa shape index (κ3) is 2.90. The molecule has 0 saturated carbocycles. The van der Waals surface area contributed by atoms with Gasteiger partial charge in [-0.1, -0.05) is 41.9 Å². The molecule has 0 saturated heterocycles. The second-order valence-electron chi connectivity index (χ2n) is 4.19. The summed E-state index contributed by atoms with van der Waals surface area (Å²) in [6.07, 6.45) is 0. The molecule has 4 nitrogen and oxygen atoms in total. The van der Waals surface area contributed by atoms with Crippen molar-refractivity contribution in [1.82, 2.24) is 0 Å². The van der Waals surface area contributed by atoms with Gasteiger partial charge in [-0.05, 0) is 12.1 Å². The van der Waals surface area contributed by atoms with Crippen LogP contribution in [-0.4, -0.2) is 25.8 Å². The minimum atomic E-state index is -0.688. The van der Waals surface area contributed by atoms with Crippen LogP contribution in [0.5, 0.6) is 11.5 Å². The topological polar surface area (TPSA) is 52.6 Å². The van der Waals surface area contributed by atoms with Crippen LogP contribution in [0.25, 0.3) is 0 Å². The van der Waals surface area contributed by atoms with Crippen molar-refractivity contribution >= 4 is 23.2 Å². The Labute approximate surface area is 127 Å². The molecule has 0 unspecified atom stereocenters. The average molecular weight is 305 g/mol. The van der Waals surface area contributed by atoms with E-state index < -0.39 is 11.6 Å². The lowest BCUT2D eigenvalue weighted by atomic mass is 10.0. The highest BCUT2D eigenvalue weighted by atomic mass is 35.5. The molecule has 0 aliphatic heterocycles. The number of carbonyl (C=O) groups is 2. The van der Waals surface area contributed by atoms with Gasteiger partial charge in [0.25, 0.3) is 0 Å². The van der Waals surface area contributed by atoms with E-state index in [0.29, 0.717) is 11.3 Å². The van der Waals surface area contributed by atoms with Crippen molar-refractivity contribution < 1.29 is 19.1 Å². The fourth-order valence-electron chi connectivity index (χ4n) is 1.91. The summed E-state index contributed by atoms with van der Waals surface area (Å²) in [7, 11) is 2.88. The van der Waals surface area contributed by atoms with Crippen LogP contribution in [0.1, 0.15) is 20.7 Å². The number of rotatable bonds is 5. The number of ether oxygens (including phenoxy) is 2. The van der Waals surface area contributed by atoms with Crippen LogP contribution in [0.4, 0.5) is 0 Å². The van der Waals surface area contributed by atoms with E-state index in [1.165, 1.54) is 26.4 Å². The van der Waals surface area contributed by atoms with Crippen molar-refractivity contribution in [1.29, 1.82) is 0 Å². The monoisotopic (exact) mass is 304 g/mol. The average Bonchev–Trinajstić information content (AvgIpc) is 2.53. The van der Waals surface area contributed by atoms with Crippen molar-refractivity contribution in [2.75, 3.05) is 14.2 Å². The van der Waals surface area contributed by atoms with E-state index >= 15 is 0 Å². The number of hydrogen-bond acceptors (Lipinski definition) is 4. The predicted molar refractivity (Wildman–Crippen MR) is 79.7 cm³/mol. The van der Waals surface area contributed by atoms with Gasteiger partial charge in [0.15, 0.2) is 11.5 Å². The van der Waals surface area contributed by atoms with Gasteiger partial charge >= 0.3 is 0 Å². The predicted octanol–water partition coefficient (Wildman–Crippen LogP) is 3.42. The zero-order chi connectivity index (χ0) is 15.4. The van der Waals surface area contributed by atoms with Crippen LogP contribution < -0.4 is 9.47 Å². The quantitative estimate of drug-likeness (QED) is 0.627. The first-order valence-electron chi connectivity index (χ1n) is 6.14. The van der Waals surface area contributed by atoms with Gasteiger partial charge in [0, 0.05) is 11.1 Å². The standard InChI is InChI=1S/C16H13ClO4/c1-20-12-9-8-11(13(17)16(12)21-2)15(19)14(18)10-6-4-3-5-7-10/h3-9H,1-2H3. The molecule has 21 heavy (non-hydrogen) atoms. The Hall–Kier alpha value is -2.33. The number of carbonyl (C=O) groups excluding carboxylic acids is 2. The zero-order valence-corrected chi connectivity index (χ0v) is 12.3. The van der Waals surface area contributed by atoms with Crippen LogP contribution in [0.2, 0.25) is 5.02 Å². The molecule has 0 aliphatic carbocycles. The second-order valence-corrected chi connectivity index (χ2v) is 4.56. The van der Waals surface area contributed by atoms with Crippen LogP contribution in [0.15, 0.2) is 42.5 Å². The lowest BCUT2D eigenvalue weighted by molar-refractivity contribution is 0.0817. The zero-order valence-electron chi connectivity index (χ0n) is 11.6. The molecule has 0 fully saturated rings. The Bertz CT molecular complexity index is 680. The highest BCUT2D eigenvalue weighted by Crippen LogP contribution is 2.37. The summed E-state index contributed by atoms with van der Waals surface area (Å²) in [5.74, 6) is -0.686. The molecule has 0 bridgehead atoms. The lowest BCUT2D eigenvalue weighted by Gasteiger charge is -2.11. The molecule has 2 aromatic rings. The smallest absolute Gasteiger partial charge is 0.235 e. The molecular formula is C16H13ClO4. The van der Waals surface area contributed by atoms with Gasteiger partial charge in [-0.3, -0.25) is 9.59 Å². The third-order valence-corrected chi connectivity index (χ3v) is 3.35. The van der Waals surface area contributed by atoms with E-state index in [-0.39, 0.29) is 16.3 Å². The van der Waals surface area contributed by atoms with Gasteiger partial charge in [0.1, 0.15) is 0 Å². The summed E-state index contributed by atoms with van der Waals surface area (Å²) in [5, 5.41) is 0.0612. The number of ketones is 2. The van der Waals surface area contributed by atoms with E-state index in [4.69, 9.17) is 21.1 Å². The van der Waals surface area contributed by atoms with Crippen LogP contribution in [0, 0.1) is 0 Å². The molecule has 108 valence electrons. The summed E-state index contributed by atoms with van der Waals surface area (Å²) < 4.78 is 10.2. The highest BCUT2D eigenvalue weighted by molar-refractivity contribution is 6.52. The van der Waals surface area contributed by atoms with Gasteiger partial charge in [0.2, 0.25) is 11.6 Å². The summed E-state index contributed by atoms with van der Waals surface area (Å²) in [6, 6.07) is 11.3. The van der Waals surface area contributed by atoms with Crippen LogP contribution in [-0.2, 0) is 0 Å². The molecule has 0 aromatic heterocycles. The van der Waals surface area contributed by atoms with Gasteiger partial charge in [-0.2, -0.15) is 0 Å². The van der Waals surface area contributed by atoms with E-state index in [1.807, 2.05) is 0 Å². The summed E-state index contributed by atoms with van der Waals surface area (Å²) in [4.78, 5) is 24.5. The van der Waals surface area contributed by atoms with Crippen LogP contribution in [0.3, 0.4) is 0 Å². The summed E-state index contributed by atoms with van der Waals surface area (Å²) >= 11 is 6.14. The van der Waals surface area contributed by atoms with Gasteiger partial charge in [-0.15, -0.1) is 0 Å². The molecule has 0 atom stereocenters. The normalized spacial score (nSPS) is 10.0. The maximum atomic E-state index is 12.3. The molecule has 0 N–H and O–H groups in total. The van der Waals surface area contributed by atoms with Crippen molar-refractivity contribution in [2.24, 2.45) is 0 Å². The number of benzene rings is 2. The Morgan fingerprint density at radius 2 is 1.57 bits per heavy atom. The minimum Gasteiger partial charge on any atom is -0.493 e. The fourth-order valence-corrected chi connectivity index (χ4v) is 2.23. The van der Waals surface area contributed by atoms with E-state index in [0.717, 1.165) is 0 Å². The number of halogens is 1. The minimum absolute atomic E-state index is 0.0612. The Morgan fingerprint density at radius 3 is 2.14 bits per heavy atom. The van der Waals surface area contributed by atoms with E-state index in [2.05, 4.69) is 0 Å². The van der Waals surface area contributed by atoms with Crippen LogP contribution >= 0.6 is 11.6 Å².